The smallest absolute Gasteiger partial charge is 0.227 e. The maximum atomic E-state index is 12.5. The number of pyridine rings is 1. The van der Waals surface area contributed by atoms with Gasteiger partial charge in [-0.25, -0.2) is 0 Å². The molecule has 0 unspecified atom stereocenters. The highest BCUT2D eigenvalue weighted by molar-refractivity contribution is 5.78. The second kappa shape index (κ2) is 6.73. The molecule has 1 aromatic carbocycles. The molecule has 3 heteroatoms. The van der Waals surface area contributed by atoms with Gasteiger partial charge in [0, 0.05) is 31.4 Å². The third-order valence-electron chi connectivity index (χ3n) is 4.39. The third-order valence-corrected chi connectivity index (χ3v) is 4.39. The normalized spacial score (nSPS) is 18.2. The number of aromatic nitrogens is 1. The molecule has 22 heavy (non-hydrogen) atoms. The van der Waals surface area contributed by atoms with Gasteiger partial charge in [-0.3, -0.25) is 9.78 Å². The molecule has 3 nitrogen and oxygen atoms in total. The molecule has 1 fully saturated rings. The fourth-order valence-electron chi connectivity index (χ4n) is 3.19. The molecule has 0 N–H and O–H groups in total. The van der Waals surface area contributed by atoms with Gasteiger partial charge in [0.25, 0.3) is 0 Å². The van der Waals surface area contributed by atoms with E-state index in [9.17, 15) is 4.79 Å². The summed E-state index contributed by atoms with van der Waals surface area (Å²) in [6.45, 7) is 3.85. The average molecular weight is 294 g/mol. The highest BCUT2D eigenvalue weighted by Crippen LogP contribution is 2.27. The van der Waals surface area contributed by atoms with Crippen molar-refractivity contribution in [3.63, 3.8) is 0 Å². The molecule has 0 bridgehead atoms. The number of rotatable bonds is 3. The predicted molar refractivity (Wildman–Crippen MR) is 87.7 cm³/mol. The molecular formula is C19H22N2O. The Balaban J connectivity index is 1.66. The van der Waals surface area contributed by atoms with Crippen LogP contribution in [0.2, 0.25) is 0 Å². The van der Waals surface area contributed by atoms with E-state index in [1.54, 1.807) is 12.4 Å². The standard InChI is InChI=1S/C19H22N2O/c1-15-4-2-5-17(12-15)18-6-3-11-21(14-18)19(22)13-16-7-9-20-10-8-16/h2,4-5,7-10,12,18H,3,6,11,13-14H2,1H3/t18-/m0/s1. The van der Waals surface area contributed by atoms with Crippen molar-refractivity contribution in [2.24, 2.45) is 0 Å². The molecule has 1 aromatic heterocycles. The van der Waals surface area contributed by atoms with Crippen LogP contribution in [0.3, 0.4) is 0 Å². The fraction of sp³-hybridized carbons (Fsp3) is 0.368. The summed E-state index contributed by atoms with van der Waals surface area (Å²) in [5.74, 6) is 0.693. The summed E-state index contributed by atoms with van der Waals surface area (Å²) in [7, 11) is 0. The lowest BCUT2D eigenvalue weighted by atomic mass is 9.89. The van der Waals surface area contributed by atoms with Crippen LogP contribution in [0.25, 0.3) is 0 Å². The zero-order valence-corrected chi connectivity index (χ0v) is 13.0. The van der Waals surface area contributed by atoms with Crippen molar-refractivity contribution in [1.29, 1.82) is 0 Å². The lowest BCUT2D eigenvalue weighted by Gasteiger charge is -2.33. The Labute approximate surface area is 132 Å². The Kier molecular flexibility index (Phi) is 4.52. The van der Waals surface area contributed by atoms with Crippen molar-refractivity contribution in [3.05, 3.63) is 65.5 Å². The maximum Gasteiger partial charge on any atom is 0.227 e. The molecule has 0 saturated carbocycles. The molecule has 2 heterocycles. The van der Waals surface area contributed by atoms with Gasteiger partial charge in [0.1, 0.15) is 0 Å². The van der Waals surface area contributed by atoms with Crippen LogP contribution in [-0.4, -0.2) is 28.9 Å². The van der Waals surface area contributed by atoms with Crippen LogP contribution in [0.5, 0.6) is 0 Å². The fourth-order valence-corrected chi connectivity index (χ4v) is 3.19. The number of nitrogens with zero attached hydrogens (tertiary/aromatic N) is 2. The van der Waals surface area contributed by atoms with Gasteiger partial charge in [0.15, 0.2) is 0 Å². The summed E-state index contributed by atoms with van der Waals surface area (Å²) in [6, 6.07) is 12.5. The van der Waals surface area contributed by atoms with Crippen LogP contribution in [0.15, 0.2) is 48.8 Å². The van der Waals surface area contributed by atoms with E-state index < -0.39 is 0 Å². The summed E-state index contributed by atoms with van der Waals surface area (Å²) in [6.07, 6.45) is 6.22. The minimum atomic E-state index is 0.226. The van der Waals surface area contributed by atoms with Gasteiger partial charge >= 0.3 is 0 Å². The summed E-state index contributed by atoms with van der Waals surface area (Å²) in [4.78, 5) is 18.5. The molecule has 114 valence electrons. The van der Waals surface area contributed by atoms with Gasteiger partial charge in [-0.15, -0.1) is 0 Å². The molecule has 0 aliphatic carbocycles. The SMILES string of the molecule is Cc1cccc([C@H]2CCCN(C(=O)Cc3ccncc3)C2)c1. The molecule has 1 saturated heterocycles. The highest BCUT2D eigenvalue weighted by atomic mass is 16.2. The van der Waals surface area contributed by atoms with Crippen molar-refractivity contribution in [1.82, 2.24) is 9.88 Å². The summed E-state index contributed by atoms with van der Waals surface area (Å²) < 4.78 is 0. The Morgan fingerprint density at radius 3 is 2.86 bits per heavy atom. The second-order valence-corrected chi connectivity index (χ2v) is 6.13. The minimum Gasteiger partial charge on any atom is -0.342 e. The molecule has 0 spiro atoms. The van der Waals surface area contributed by atoms with Crippen LogP contribution in [0.4, 0.5) is 0 Å². The number of benzene rings is 1. The van der Waals surface area contributed by atoms with E-state index in [2.05, 4.69) is 36.2 Å². The quantitative estimate of drug-likeness (QED) is 0.870. The Morgan fingerprint density at radius 2 is 2.09 bits per heavy atom. The van der Waals surface area contributed by atoms with Crippen LogP contribution in [0, 0.1) is 6.92 Å². The van der Waals surface area contributed by atoms with Crippen molar-refractivity contribution >= 4 is 5.91 Å². The van der Waals surface area contributed by atoms with Crippen LogP contribution < -0.4 is 0 Å². The largest absolute Gasteiger partial charge is 0.342 e. The first-order chi connectivity index (χ1) is 10.7. The molecule has 3 rings (SSSR count). The van der Waals surface area contributed by atoms with Crippen LogP contribution in [-0.2, 0) is 11.2 Å². The molecule has 0 radical (unpaired) electrons. The molecular weight excluding hydrogens is 272 g/mol. The first kappa shape index (κ1) is 14.8. The predicted octanol–water partition coefficient (Wildman–Crippen LogP) is 3.34. The lowest BCUT2D eigenvalue weighted by Crippen LogP contribution is -2.39. The number of hydrogen-bond donors (Lipinski definition) is 0. The van der Waals surface area contributed by atoms with Gasteiger partial charge in [0.05, 0.1) is 6.42 Å². The Hall–Kier alpha value is -2.16. The van der Waals surface area contributed by atoms with Gasteiger partial charge < -0.3 is 4.90 Å². The van der Waals surface area contributed by atoms with Crippen LogP contribution >= 0.6 is 0 Å². The summed E-state index contributed by atoms with van der Waals surface area (Å²) in [5.41, 5.74) is 3.69. The van der Waals surface area contributed by atoms with Gasteiger partial charge in [-0.2, -0.15) is 0 Å². The lowest BCUT2D eigenvalue weighted by molar-refractivity contribution is -0.131. The molecule has 2 aromatic rings. The van der Waals surface area contributed by atoms with E-state index >= 15 is 0 Å². The van der Waals surface area contributed by atoms with E-state index in [1.807, 2.05) is 17.0 Å². The van der Waals surface area contributed by atoms with E-state index in [-0.39, 0.29) is 5.91 Å². The first-order valence-corrected chi connectivity index (χ1v) is 7.95. The summed E-state index contributed by atoms with van der Waals surface area (Å²) in [5, 5.41) is 0. The van der Waals surface area contributed by atoms with Crippen molar-refractivity contribution in [2.45, 2.75) is 32.1 Å². The highest BCUT2D eigenvalue weighted by Gasteiger charge is 2.24. The van der Waals surface area contributed by atoms with Crippen molar-refractivity contribution < 1.29 is 4.79 Å². The maximum absolute atomic E-state index is 12.5. The topological polar surface area (TPSA) is 33.2 Å². The monoisotopic (exact) mass is 294 g/mol. The number of piperidine rings is 1. The Morgan fingerprint density at radius 1 is 1.27 bits per heavy atom. The number of likely N-dealkylation sites (tertiary alicyclic amines) is 1. The molecule has 1 aliphatic heterocycles. The first-order valence-electron chi connectivity index (χ1n) is 7.95. The zero-order valence-electron chi connectivity index (χ0n) is 13.0. The van der Waals surface area contributed by atoms with Crippen LogP contribution in [0.1, 0.15) is 35.4 Å². The van der Waals surface area contributed by atoms with E-state index in [0.717, 1.165) is 25.1 Å². The Bertz CT molecular complexity index is 639. The van der Waals surface area contributed by atoms with Gasteiger partial charge in [0.2, 0.25) is 5.91 Å². The molecule has 1 atom stereocenters. The molecule has 1 aliphatic rings. The number of carbonyl (C=O) groups excluding carboxylic acids is 1. The van der Waals surface area contributed by atoms with Crippen molar-refractivity contribution in [3.8, 4) is 0 Å². The number of carbonyl (C=O) groups is 1. The van der Waals surface area contributed by atoms with E-state index in [4.69, 9.17) is 0 Å². The average Bonchev–Trinajstić information content (AvgIpc) is 2.56. The number of amides is 1. The third kappa shape index (κ3) is 3.53. The van der Waals surface area contributed by atoms with Gasteiger partial charge in [-0.1, -0.05) is 29.8 Å². The minimum absolute atomic E-state index is 0.226. The second-order valence-electron chi connectivity index (χ2n) is 6.13. The van der Waals surface area contributed by atoms with E-state index in [0.29, 0.717) is 12.3 Å². The van der Waals surface area contributed by atoms with Gasteiger partial charge in [-0.05, 0) is 43.0 Å². The zero-order chi connectivity index (χ0) is 15.4. The van der Waals surface area contributed by atoms with Crippen molar-refractivity contribution in [2.75, 3.05) is 13.1 Å². The van der Waals surface area contributed by atoms with E-state index in [1.165, 1.54) is 17.5 Å². The molecule has 1 amide bonds. The summed E-state index contributed by atoms with van der Waals surface area (Å²) >= 11 is 0. The number of aryl methyl sites for hydroxylation is 1. The number of hydrogen-bond acceptors (Lipinski definition) is 2.